The van der Waals surface area contributed by atoms with Gasteiger partial charge in [-0.3, -0.25) is 9.59 Å². The molecule has 0 atom stereocenters. The van der Waals surface area contributed by atoms with Crippen LogP contribution in [0.3, 0.4) is 0 Å². The highest BCUT2D eigenvalue weighted by molar-refractivity contribution is 6.02. The molecule has 1 heterocycles. The van der Waals surface area contributed by atoms with Gasteiger partial charge < -0.3 is 10.2 Å². The van der Waals surface area contributed by atoms with Gasteiger partial charge in [0, 0.05) is 36.2 Å². The second kappa shape index (κ2) is 6.08. The molecule has 1 fully saturated rings. The van der Waals surface area contributed by atoms with Crippen LogP contribution in [-0.2, 0) is 16.0 Å². The summed E-state index contributed by atoms with van der Waals surface area (Å²) in [5.41, 5.74) is 2.15. The Morgan fingerprint density at radius 1 is 1.42 bits per heavy atom. The van der Waals surface area contributed by atoms with Crippen LogP contribution in [0.15, 0.2) is 30.6 Å². The highest BCUT2D eigenvalue weighted by atomic mass is 19.1. The Kier molecular flexibility index (Phi) is 4.10. The Bertz CT molecular complexity index is 762. The topological polar surface area (TPSA) is 73.2 Å². The number of aryl methyl sites for hydroxylation is 1. The Morgan fingerprint density at radius 3 is 2.79 bits per heavy atom. The molecule has 1 aliphatic carbocycles. The van der Waals surface area contributed by atoms with Crippen LogP contribution in [0.25, 0.3) is 0 Å². The number of benzene rings is 1. The standard InChI is InChI=1S/C18H18FN3O2/c1-12(19)17(24)21-14-3-4-15-13(10-14)2-5-16(23)22(15)11-18(6-7-18)8-9-20/h3-4,10H,1-2,5-8,11H2,(H,21,24). The lowest BCUT2D eigenvalue weighted by Crippen LogP contribution is -2.39. The Balaban J connectivity index is 1.83. The lowest BCUT2D eigenvalue weighted by Gasteiger charge is -2.32. The Hall–Kier alpha value is -2.68. The summed E-state index contributed by atoms with van der Waals surface area (Å²) < 4.78 is 12.8. The quantitative estimate of drug-likeness (QED) is 0.845. The Morgan fingerprint density at radius 2 is 2.17 bits per heavy atom. The van der Waals surface area contributed by atoms with E-state index in [1.54, 1.807) is 23.1 Å². The monoisotopic (exact) mass is 327 g/mol. The van der Waals surface area contributed by atoms with Gasteiger partial charge in [-0.05, 0) is 43.0 Å². The minimum Gasteiger partial charge on any atom is -0.320 e. The van der Waals surface area contributed by atoms with Gasteiger partial charge in [0.05, 0.1) is 6.07 Å². The number of rotatable bonds is 5. The lowest BCUT2D eigenvalue weighted by atomic mass is 9.96. The predicted molar refractivity (Wildman–Crippen MR) is 87.9 cm³/mol. The third-order valence-corrected chi connectivity index (χ3v) is 4.69. The first kappa shape index (κ1) is 16.2. The van der Waals surface area contributed by atoms with Crippen LogP contribution in [0.2, 0.25) is 0 Å². The zero-order valence-electron chi connectivity index (χ0n) is 13.3. The van der Waals surface area contributed by atoms with Gasteiger partial charge >= 0.3 is 0 Å². The van der Waals surface area contributed by atoms with Crippen molar-refractivity contribution in [2.24, 2.45) is 5.41 Å². The van der Waals surface area contributed by atoms with Crippen molar-refractivity contribution in [1.29, 1.82) is 5.26 Å². The molecule has 2 aliphatic rings. The average Bonchev–Trinajstić information content (AvgIpc) is 3.30. The van der Waals surface area contributed by atoms with Crippen LogP contribution in [0.4, 0.5) is 15.8 Å². The molecular formula is C18H18FN3O2. The summed E-state index contributed by atoms with van der Waals surface area (Å²) in [5.74, 6) is -1.86. The summed E-state index contributed by atoms with van der Waals surface area (Å²) in [7, 11) is 0. The van der Waals surface area contributed by atoms with Crippen LogP contribution >= 0.6 is 0 Å². The predicted octanol–water partition coefficient (Wildman–Crippen LogP) is 3.08. The number of hydrogen-bond acceptors (Lipinski definition) is 3. The molecule has 0 bridgehead atoms. The van der Waals surface area contributed by atoms with Gasteiger partial charge in [0.2, 0.25) is 5.91 Å². The maximum absolute atomic E-state index is 12.8. The van der Waals surface area contributed by atoms with Crippen molar-refractivity contribution in [3.8, 4) is 6.07 Å². The fourth-order valence-electron chi connectivity index (χ4n) is 3.08. The SMILES string of the molecule is C=C(F)C(=O)Nc1ccc2c(c1)CCC(=O)N2CC1(CC#N)CC1. The van der Waals surface area contributed by atoms with E-state index in [1.807, 2.05) is 0 Å². The van der Waals surface area contributed by atoms with E-state index >= 15 is 0 Å². The fraction of sp³-hybridized carbons (Fsp3) is 0.389. The third-order valence-electron chi connectivity index (χ3n) is 4.69. The molecule has 3 rings (SSSR count). The van der Waals surface area contributed by atoms with Crippen molar-refractivity contribution in [1.82, 2.24) is 0 Å². The molecule has 0 aromatic heterocycles. The molecule has 0 spiro atoms. The van der Waals surface area contributed by atoms with E-state index < -0.39 is 11.7 Å². The minimum atomic E-state index is -1.04. The molecule has 1 N–H and O–H groups in total. The normalized spacial score (nSPS) is 17.7. The first-order valence-corrected chi connectivity index (χ1v) is 7.90. The summed E-state index contributed by atoms with van der Waals surface area (Å²) in [5, 5.41) is 11.4. The zero-order chi connectivity index (χ0) is 17.3. The van der Waals surface area contributed by atoms with Gasteiger partial charge in [0.25, 0.3) is 5.91 Å². The second-order valence-electron chi connectivity index (χ2n) is 6.52. The molecule has 1 aromatic rings. The van der Waals surface area contributed by atoms with Crippen molar-refractivity contribution in [2.75, 3.05) is 16.8 Å². The van der Waals surface area contributed by atoms with Gasteiger partial charge in [0.15, 0.2) is 5.83 Å². The molecule has 1 aliphatic heterocycles. The molecule has 0 saturated heterocycles. The number of carbonyl (C=O) groups is 2. The van der Waals surface area contributed by atoms with Crippen molar-refractivity contribution >= 4 is 23.2 Å². The maximum Gasteiger partial charge on any atom is 0.283 e. The molecule has 24 heavy (non-hydrogen) atoms. The number of nitrogens with one attached hydrogen (secondary N) is 1. The molecule has 0 unspecified atom stereocenters. The average molecular weight is 327 g/mol. The molecule has 5 nitrogen and oxygen atoms in total. The molecule has 0 radical (unpaired) electrons. The van der Waals surface area contributed by atoms with Gasteiger partial charge in [-0.25, -0.2) is 4.39 Å². The van der Waals surface area contributed by atoms with Crippen LogP contribution in [0.5, 0.6) is 0 Å². The van der Waals surface area contributed by atoms with Crippen molar-refractivity contribution in [2.45, 2.75) is 32.1 Å². The summed E-state index contributed by atoms with van der Waals surface area (Å²) in [6.45, 7) is 3.52. The number of carbonyl (C=O) groups excluding carboxylic acids is 2. The molecular weight excluding hydrogens is 309 g/mol. The first-order valence-electron chi connectivity index (χ1n) is 7.90. The number of halogens is 1. The van der Waals surface area contributed by atoms with E-state index in [9.17, 15) is 14.0 Å². The van der Waals surface area contributed by atoms with Crippen LogP contribution in [-0.4, -0.2) is 18.4 Å². The van der Waals surface area contributed by atoms with Crippen LogP contribution in [0.1, 0.15) is 31.2 Å². The Labute approximate surface area is 139 Å². The highest BCUT2D eigenvalue weighted by Crippen LogP contribution is 2.50. The molecule has 1 aromatic carbocycles. The number of fused-ring (bicyclic) bond motifs is 1. The summed E-state index contributed by atoms with van der Waals surface area (Å²) in [4.78, 5) is 25.5. The van der Waals surface area contributed by atoms with Crippen molar-refractivity contribution < 1.29 is 14.0 Å². The van der Waals surface area contributed by atoms with Crippen molar-refractivity contribution in [3.63, 3.8) is 0 Å². The van der Waals surface area contributed by atoms with E-state index in [4.69, 9.17) is 5.26 Å². The number of amides is 2. The van der Waals surface area contributed by atoms with E-state index in [0.29, 0.717) is 31.5 Å². The number of hydrogen-bond donors (Lipinski definition) is 1. The van der Waals surface area contributed by atoms with Crippen LogP contribution < -0.4 is 10.2 Å². The fourth-order valence-corrected chi connectivity index (χ4v) is 3.08. The van der Waals surface area contributed by atoms with Crippen LogP contribution in [0, 0.1) is 16.7 Å². The number of nitrogens with zero attached hydrogens (tertiary/aromatic N) is 2. The summed E-state index contributed by atoms with van der Waals surface area (Å²) in [6.07, 6.45) is 3.36. The maximum atomic E-state index is 12.8. The summed E-state index contributed by atoms with van der Waals surface area (Å²) in [6, 6.07) is 7.39. The van der Waals surface area contributed by atoms with E-state index in [0.717, 1.165) is 24.1 Å². The smallest absolute Gasteiger partial charge is 0.283 e. The molecule has 1 saturated carbocycles. The van der Waals surface area contributed by atoms with E-state index in [-0.39, 0.29) is 11.3 Å². The third kappa shape index (κ3) is 3.16. The molecule has 124 valence electrons. The summed E-state index contributed by atoms with van der Waals surface area (Å²) >= 11 is 0. The second-order valence-corrected chi connectivity index (χ2v) is 6.52. The van der Waals surface area contributed by atoms with Gasteiger partial charge in [0.1, 0.15) is 0 Å². The highest BCUT2D eigenvalue weighted by Gasteiger charge is 2.45. The number of anilines is 2. The lowest BCUT2D eigenvalue weighted by molar-refractivity contribution is -0.119. The first-order chi connectivity index (χ1) is 11.4. The molecule has 2 amide bonds. The van der Waals surface area contributed by atoms with Gasteiger partial charge in [-0.2, -0.15) is 5.26 Å². The zero-order valence-corrected chi connectivity index (χ0v) is 13.3. The van der Waals surface area contributed by atoms with Gasteiger partial charge in [-0.1, -0.05) is 6.58 Å². The van der Waals surface area contributed by atoms with Gasteiger partial charge in [-0.15, -0.1) is 0 Å². The minimum absolute atomic E-state index is 0.0561. The largest absolute Gasteiger partial charge is 0.320 e. The van der Waals surface area contributed by atoms with Crippen molar-refractivity contribution in [3.05, 3.63) is 36.2 Å². The molecule has 6 heteroatoms. The number of nitriles is 1. The van der Waals surface area contributed by atoms with E-state index in [2.05, 4.69) is 18.0 Å². The van der Waals surface area contributed by atoms with E-state index in [1.165, 1.54) is 0 Å².